The van der Waals surface area contributed by atoms with Crippen LogP contribution in [0.15, 0.2) is 60.3 Å². The number of hydrogen-bond acceptors (Lipinski definition) is 6. The van der Waals surface area contributed by atoms with Gasteiger partial charge in [0.25, 0.3) is 17.4 Å². The number of ether oxygens (including phenoxy) is 1. The van der Waals surface area contributed by atoms with Crippen LogP contribution in [0.4, 0.5) is 5.69 Å². The van der Waals surface area contributed by atoms with Gasteiger partial charge in [0.1, 0.15) is 5.76 Å². The van der Waals surface area contributed by atoms with Gasteiger partial charge < -0.3 is 19.7 Å². The summed E-state index contributed by atoms with van der Waals surface area (Å²) in [5.41, 5.74) is 1.56. The molecule has 2 fully saturated rings. The molecule has 0 spiro atoms. The molecule has 3 heterocycles. The van der Waals surface area contributed by atoms with Crippen LogP contribution < -0.4 is 0 Å². The molecule has 1 aromatic heterocycles. The predicted octanol–water partition coefficient (Wildman–Crippen LogP) is 3.68. The first-order chi connectivity index (χ1) is 16.0. The van der Waals surface area contributed by atoms with E-state index in [2.05, 4.69) is 4.98 Å². The Hall–Kier alpha value is -3.98. The van der Waals surface area contributed by atoms with Crippen molar-refractivity contribution >= 4 is 34.0 Å². The van der Waals surface area contributed by atoms with E-state index < -0.39 is 22.7 Å². The average molecular weight is 447 g/mol. The normalized spacial score (nSPS) is 22.4. The van der Waals surface area contributed by atoms with E-state index in [4.69, 9.17) is 4.74 Å². The van der Waals surface area contributed by atoms with E-state index in [1.807, 2.05) is 24.3 Å². The quantitative estimate of drug-likeness (QED) is 0.202. The van der Waals surface area contributed by atoms with Gasteiger partial charge in [-0.15, -0.1) is 0 Å². The van der Waals surface area contributed by atoms with Gasteiger partial charge >= 0.3 is 0 Å². The van der Waals surface area contributed by atoms with E-state index in [-0.39, 0.29) is 35.2 Å². The number of nitrogens with zero attached hydrogens (tertiary/aromatic N) is 2. The molecule has 1 amide bonds. The lowest BCUT2D eigenvalue weighted by Gasteiger charge is -2.27. The van der Waals surface area contributed by atoms with Crippen LogP contribution >= 0.6 is 0 Å². The van der Waals surface area contributed by atoms with E-state index >= 15 is 0 Å². The second-order valence-corrected chi connectivity index (χ2v) is 8.18. The molecule has 0 aliphatic carbocycles. The van der Waals surface area contributed by atoms with Crippen molar-refractivity contribution in [3.8, 4) is 0 Å². The highest BCUT2D eigenvalue weighted by atomic mass is 16.6. The summed E-state index contributed by atoms with van der Waals surface area (Å²) in [7, 11) is 0. The monoisotopic (exact) mass is 447 g/mol. The number of non-ortho nitro benzene ring substituents is 1. The predicted molar refractivity (Wildman–Crippen MR) is 119 cm³/mol. The molecule has 9 heteroatoms. The summed E-state index contributed by atoms with van der Waals surface area (Å²) >= 11 is 0. The third-order valence-corrected chi connectivity index (χ3v) is 6.23. The fourth-order valence-corrected chi connectivity index (χ4v) is 4.62. The van der Waals surface area contributed by atoms with E-state index in [0.29, 0.717) is 12.2 Å². The molecule has 3 aromatic rings. The second-order valence-electron chi connectivity index (χ2n) is 8.18. The lowest BCUT2D eigenvalue weighted by Crippen LogP contribution is -2.36. The number of para-hydroxylation sites is 1. The molecule has 2 aliphatic rings. The summed E-state index contributed by atoms with van der Waals surface area (Å²) in [6.45, 7) is 0.834. The van der Waals surface area contributed by atoms with Crippen LogP contribution in [0.25, 0.3) is 16.7 Å². The molecule has 2 aliphatic heterocycles. The van der Waals surface area contributed by atoms with Crippen LogP contribution in [0, 0.1) is 10.1 Å². The number of Topliss-reactive ketones (excluding diaryl/α,β-unsaturated/α-hetero) is 1. The molecule has 2 N–H and O–H groups in total. The summed E-state index contributed by atoms with van der Waals surface area (Å²) in [4.78, 5) is 41.3. The molecule has 33 heavy (non-hydrogen) atoms. The number of rotatable bonds is 5. The van der Waals surface area contributed by atoms with Gasteiger partial charge in [-0.3, -0.25) is 19.7 Å². The van der Waals surface area contributed by atoms with E-state index in [1.54, 1.807) is 6.20 Å². The number of carbonyl (C=O) groups is 2. The first-order valence-electron chi connectivity index (χ1n) is 10.7. The minimum atomic E-state index is -0.819. The van der Waals surface area contributed by atoms with Gasteiger partial charge in [0.15, 0.2) is 0 Å². The van der Waals surface area contributed by atoms with Crippen LogP contribution in [-0.2, 0) is 14.3 Å². The number of nitro groups is 1. The van der Waals surface area contributed by atoms with Gasteiger partial charge in [0, 0.05) is 53.5 Å². The van der Waals surface area contributed by atoms with Crippen LogP contribution in [0.1, 0.15) is 30.0 Å². The van der Waals surface area contributed by atoms with Crippen molar-refractivity contribution in [2.75, 3.05) is 13.2 Å². The lowest BCUT2D eigenvalue weighted by molar-refractivity contribution is -0.384. The zero-order valence-corrected chi connectivity index (χ0v) is 17.6. The maximum absolute atomic E-state index is 13.2. The number of hydrogen-bond donors (Lipinski definition) is 2. The number of aliphatic hydroxyl groups excluding tert-OH is 1. The van der Waals surface area contributed by atoms with Gasteiger partial charge in [0.05, 0.1) is 22.6 Å². The zero-order chi connectivity index (χ0) is 23.1. The molecule has 0 saturated carbocycles. The van der Waals surface area contributed by atoms with Crippen LogP contribution in [0.5, 0.6) is 0 Å². The number of aromatic nitrogens is 1. The molecule has 0 bridgehead atoms. The second kappa shape index (κ2) is 8.18. The molecule has 168 valence electrons. The van der Waals surface area contributed by atoms with Gasteiger partial charge in [-0.05, 0) is 31.0 Å². The Kier molecular flexibility index (Phi) is 5.18. The van der Waals surface area contributed by atoms with Crippen LogP contribution in [0.3, 0.4) is 0 Å². The number of aromatic amines is 1. The Balaban J connectivity index is 1.65. The number of nitrogens with one attached hydrogen (secondary N) is 1. The number of H-pyrrole nitrogens is 1. The summed E-state index contributed by atoms with van der Waals surface area (Å²) in [5, 5.41) is 22.9. The number of fused-ring (bicyclic) bond motifs is 1. The highest BCUT2D eigenvalue weighted by Crippen LogP contribution is 2.42. The fraction of sp³-hybridized carbons (Fsp3) is 0.250. The Morgan fingerprint density at radius 2 is 1.94 bits per heavy atom. The minimum absolute atomic E-state index is 0.0448. The maximum atomic E-state index is 13.2. The smallest absolute Gasteiger partial charge is 0.295 e. The Bertz CT molecular complexity index is 1290. The fourth-order valence-electron chi connectivity index (χ4n) is 4.62. The SMILES string of the molecule is O=C1C(=O)N(CC2CCCO2)C(c2c[nH]c3ccccc23)/C1=C(\O)c1ccc([N+](=O)[O-])cc1. The van der Waals surface area contributed by atoms with Gasteiger partial charge in [-0.25, -0.2) is 0 Å². The third kappa shape index (κ3) is 3.56. The van der Waals surface area contributed by atoms with Crippen molar-refractivity contribution < 1.29 is 24.4 Å². The lowest BCUT2D eigenvalue weighted by atomic mass is 9.94. The van der Waals surface area contributed by atoms with Gasteiger partial charge in [0.2, 0.25) is 0 Å². The first kappa shape index (κ1) is 20.9. The topological polar surface area (TPSA) is 126 Å². The number of likely N-dealkylation sites (tertiary alicyclic amines) is 1. The van der Waals surface area contributed by atoms with Crippen molar-refractivity contribution in [3.63, 3.8) is 0 Å². The van der Waals surface area contributed by atoms with Crippen molar-refractivity contribution in [3.05, 3.63) is 81.5 Å². The maximum Gasteiger partial charge on any atom is 0.295 e. The molecule has 5 rings (SSSR count). The van der Waals surface area contributed by atoms with Crippen molar-refractivity contribution in [2.45, 2.75) is 25.0 Å². The Labute approximate surface area is 188 Å². The van der Waals surface area contributed by atoms with Gasteiger partial charge in [-0.2, -0.15) is 0 Å². The third-order valence-electron chi connectivity index (χ3n) is 6.23. The summed E-state index contributed by atoms with van der Waals surface area (Å²) in [6.07, 6.45) is 3.23. The Morgan fingerprint density at radius 1 is 1.18 bits per heavy atom. The highest BCUT2D eigenvalue weighted by molar-refractivity contribution is 6.46. The highest BCUT2D eigenvalue weighted by Gasteiger charge is 2.47. The van der Waals surface area contributed by atoms with Crippen molar-refractivity contribution in [1.29, 1.82) is 0 Å². The number of ketones is 1. The largest absolute Gasteiger partial charge is 0.507 e. The summed E-state index contributed by atoms with van der Waals surface area (Å²) < 4.78 is 5.71. The molecule has 2 unspecified atom stereocenters. The number of amides is 1. The summed E-state index contributed by atoms with van der Waals surface area (Å²) in [5.74, 6) is -1.86. The molecular weight excluding hydrogens is 426 g/mol. The molecule has 2 aromatic carbocycles. The molecular formula is C24H21N3O6. The van der Waals surface area contributed by atoms with E-state index in [0.717, 1.165) is 23.7 Å². The summed E-state index contributed by atoms with van der Waals surface area (Å²) in [6, 6.07) is 11.9. The molecule has 2 atom stereocenters. The average Bonchev–Trinajstić information content (AvgIpc) is 3.54. The van der Waals surface area contributed by atoms with Crippen LogP contribution in [0.2, 0.25) is 0 Å². The molecule has 2 saturated heterocycles. The number of carbonyl (C=O) groups excluding carboxylic acids is 2. The minimum Gasteiger partial charge on any atom is -0.507 e. The number of nitro benzene ring substituents is 1. The molecule has 0 radical (unpaired) electrons. The van der Waals surface area contributed by atoms with Crippen molar-refractivity contribution in [1.82, 2.24) is 9.88 Å². The van der Waals surface area contributed by atoms with E-state index in [1.165, 1.54) is 29.2 Å². The van der Waals surface area contributed by atoms with E-state index in [9.17, 15) is 24.8 Å². The number of benzene rings is 2. The van der Waals surface area contributed by atoms with Crippen molar-refractivity contribution in [2.24, 2.45) is 0 Å². The van der Waals surface area contributed by atoms with Crippen LogP contribution in [-0.4, -0.2) is 50.9 Å². The zero-order valence-electron chi connectivity index (χ0n) is 17.6. The Morgan fingerprint density at radius 3 is 2.64 bits per heavy atom. The number of aliphatic hydroxyl groups is 1. The molecule has 9 nitrogen and oxygen atoms in total. The first-order valence-corrected chi connectivity index (χ1v) is 10.7. The van der Waals surface area contributed by atoms with Gasteiger partial charge in [-0.1, -0.05) is 18.2 Å². The standard InChI is InChI=1S/C24H21N3O6/c28-22(14-7-9-15(10-8-14)27(31)32)20-21(18-12-25-19-6-2-1-5-17(18)19)26(24(30)23(20)29)13-16-4-3-11-33-16/h1-2,5-10,12,16,21,25,28H,3-4,11,13H2/b22-20+.